The molecule has 0 N–H and O–H groups in total. The number of carbonyl (C=O) groups excluding carboxylic acids is 2. The molecule has 0 heterocycles. The fraction of sp³-hybridized carbons (Fsp3) is 0.435. The van der Waals surface area contributed by atoms with Crippen molar-refractivity contribution in [3.63, 3.8) is 0 Å². The minimum Gasteiger partial charge on any atom is -0.448 e. The van der Waals surface area contributed by atoms with E-state index in [9.17, 15) is 9.59 Å². The highest BCUT2D eigenvalue weighted by atomic mass is 16.6. The maximum absolute atomic E-state index is 12.6. The Bertz CT molecular complexity index is 1660. The van der Waals surface area contributed by atoms with E-state index in [0.29, 0.717) is 106 Å². The maximum Gasteiger partial charge on any atom is 0.409 e. The van der Waals surface area contributed by atoms with E-state index in [1.165, 1.54) is 54.3 Å². The van der Waals surface area contributed by atoms with E-state index < -0.39 is 0 Å². The smallest absolute Gasteiger partial charge is 0.409 e. The van der Waals surface area contributed by atoms with Crippen molar-refractivity contribution < 1.29 is 47.5 Å². The Morgan fingerprint density at radius 1 is 0.397 bits per heavy atom. The molecule has 58 heavy (non-hydrogen) atoms. The van der Waals surface area contributed by atoms with Gasteiger partial charge in [-0.25, -0.2) is 9.59 Å². The number of rotatable bonds is 25. The molecule has 0 aliphatic heterocycles. The van der Waals surface area contributed by atoms with E-state index in [1.54, 1.807) is 14.1 Å². The third kappa shape index (κ3) is 11.9. The number of hydrogen-bond donors (Lipinski definition) is 0. The highest BCUT2D eigenvalue weighted by Crippen LogP contribution is 2.45. The molecule has 0 unspecified atom stereocenters. The summed E-state index contributed by atoms with van der Waals surface area (Å²) in [5.41, 5.74) is 9.57. The molecule has 2 amide bonds. The zero-order valence-corrected chi connectivity index (χ0v) is 33.7. The van der Waals surface area contributed by atoms with Crippen molar-refractivity contribution in [2.75, 3.05) is 120 Å². The van der Waals surface area contributed by atoms with Crippen LogP contribution in [-0.4, -0.2) is 142 Å². The van der Waals surface area contributed by atoms with Gasteiger partial charge in [0.25, 0.3) is 0 Å². The lowest BCUT2D eigenvalue weighted by atomic mass is 9.98. The van der Waals surface area contributed by atoms with E-state index in [4.69, 9.17) is 37.9 Å². The topological polar surface area (TPSA) is 114 Å². The highest BCUT2D eigenvalue weighted by molar-refractivity contribution is 5.80. The van der Waals surface area contributed by atoms with Gasteiger partial charge in [-0.05, 0) is 44.5 Å². The second-order valence-electron chi connectivity index (χ2n) is 14.1. The summed E-state index contributed by atoms with van der Waals surface area (Å²) in [6.07, 6.45) is -0.737. The predicted octanol–water partition coefficient (Wildman–Crippen LogP) is 6.85. The Balaban J connectivity index is 0.678. The molecule has 4 aromatic rings. The van der Waals surface area contributed by atoms with E-state index in [2.05, 4.69) is 48.5 Å². The Morgan fingerprint density at radius 2 is 0.638 bits per heavy atom. The molecule has 0 atom stereocenters. The first-order chi connectivity index (χ1) is 28.5. The van der Waals surface area contributed by atoms with Crippen molar-refractivity contribution in [1.82, 2.24) is 9.80 Å². The largest absolute Gasteiger partial charge is 0.448 e. The molecule has 0 fully saturated rings. The number of fused-ring (bicyclic) bond motifs is 6. The van der Waals surface area contributed by atoms with Crippen molar-refractivity contribution in [1.29, 1.82) is 0 Å². The second-order valence-corrected chi connectivity index (χ2v) is 14.1. The van der Waals surface area contributed by atoms with Crippen molar-refractivity contribution >= 4 is 12.2 Å². The van der Waals surface area contributed by atoms with Crippen LogP contribution in [0.15, 0.2) is 97.1 Å². The first-order valence-corrected chi connectivity index (χ1v) is 20.1. The van der Waals surface area contributed by atoms with Gasteiger partial charge in [0.05, 0.1) is 79.3 Å². The van der Waals surface area contributed by atoms with Crippen molar-refractivity contribution in [3.05, 3.63) is 119 Å². The predicted molar refractivity (Wildman–Crippen MR) is 220 cm³/mol. The van der Waals surface area contributed by atoms with Crippen molar-refractivity contribution in [2.24, 2.45) is 0 Å². The molecule has 0 bridgehead atoms. The SMILES string of the molecule is CN(CCOCCOCCOCCOCCOCCOCCN(C)C(=O)OCC1c2ccccc2-c2ccccc21)C(=O)OCC1c2ccccc2-c2ccccc21. The van der Waals surface area contributed by atoms with E-state index >= 15 is 0 Å². The first kappa shape index (κ1) is 42.8. The van der Waals surface area contributed by atoms with Crippen LogP contribution in [0.4, 0.5) is 9.59 Å². The summed E-state index contributed by atoms with van der Waals surface area (Å²) in [4.78, 5) is 28.3. The molecule has 0 saturated heterocycles. The van der Waals surface area contributed by atoms with Gasteiger partial charge in [0.1, 0.15) is 13.2 Å². The first-order valence-electron chi connectivity index (χ1n) is 20.1. The monoisotopic (exact) mass is 796 g/mol. The molecule has 12 nitrogen and oxygen atoms in total. The second kappa shape index (κ2) is 22.9. The Hall–Kier alpha value is -4.82. The van der Waals surface area contributed by atoms with Crippen LogP contribution >= 0.6 is 0 Å². The normalized spacial score (nSPS) is 12.8. The lowest BCUT2D eigenvalue weighted by molar-refractivity contribution is -0.0178. The molecule has 0 spiro atoms. The summed E-state index contributed by atoms with van der Waals surface area (Å²) >= 11 is 0. The zero-order chi connectivity index (χ0) is 40.4. The average Bonchev–Trinajstić information content (AvgIpc) is 3.75. The van der Waals surface area contributed by atoms with Gasteiger partial charge >= 0.3 is 12.2 Å². The Morgan fingerprint density at radius 3 is 0.914 bits per heavy atom. The van der Waals surface area contributed by atoms with E-state index in [0.717, 1.165) is 0 Å². The van der Waals surface area contributed by atoms with Gasteiger partial charge in [-0.1, -0.05) is 97.1 Å². The van der Waals surface area contributed by atoms with Gasteiger partial charge in [0, 0.05) is 39.0 Å². The fourth-order valence-electron chi connectivity index (χ4n) is 7.20. The van der Waals surface area contributed by atoms with Gasteiger partial charge in [-0.2, -0.15) is 0 Å². The Labute approximate surface area is 341 Å². The summed E-state index contributed by atoms with van der Waals surface area (Å²) in [6.45, 7) is 6.65. The minimum atomic E-state index is -0.369. The van der Waals surface area contributed by atoms with Gasteiger partial charge in [0.15, 0.2) is 0 Å². The molecule has 0 aromatic heterocycles. The average molecular weight is 797 g/mol. The summed E-state index contributed by atoms with van der Waals surface area (Å²) in [5.74, 6) is 0.0664. The molecular weight excluding hydrogens is 741 g/mol. The summed E-state index contributed by atoms with van der Waals surface area (Å²) in [5, 5.41) is 0. The highest BCUT2D eigenvalue weighted by Gasteiger charge is 2.30. The van der Waals surface area contributed by atoms with Crippen LogP contribution in [0.3, 0.4) is 0 Å². The molecule has 2 aliphatic carbocycles. The van der Waals surface area contributed by atoms with Gasteiger partial charge in [-0.3, -0.25) is 0 Å². The van der Waals surface area contributed by atoms with Crippen LogP contribution in [-0.2, 0) is 37.9 Å². The standard InChI is InChI=1S/C46H56N2O10/c1-47(45(49)57-33-43-39-15-7-3-11-35(39)36-12-4-8-16-40(36)43)19-21-51-23-25-53-27-29-55-31-32-56-30-28-54-26-24-52-22-20-48(2)46(50)58-34-44-41-17-9-5-13-37(41)38-14-6-10-18-42(38)44/h3-18,43-44H,19-34H2,1-2H3. The van der Waals surface area contributed by atoms with Crippen molar-refractivity contribution in [2.45, 2.75) is 11.8 Å². The number of nitrogens with zero attached hydrogens (tertiary/aromatic N) is 2. The maximum atomic E-state index is 12.6. The summed E-state index contributed by atoms with van der Waals surface area (Å²) < 4.78 is 44.9. The van der Waals surface area contributed by atoms with Crippen LogP contribution in [0.25, 0.3) is 22.3 Å². The lowest BCUT2D eigenvalue weighted by Gasteiger charge is -2.19. The zero-order valence-electron chi connectivity index (χ0n) is 33.7. The number of ether oxygens (including phenoxy) is 8. The number of benzene rings is 4. The fourth-order valence-corrected chi connectivity index (χ4v) is 7.20. The molecule has 0 radical (unpaired) electrons. The van der Waals surface area contributed by atoms with Crippen LogP contribution in [0.1, 0.15) is 34.1 Å². The molecule has 310 valence electrons. The van der Waals surface area contributed by atoms with E-state index in [1.807, 2.05) is 48.5 Å². The molecule has 2 aliphatic rings. The molecule has 0 saturated carbocycles. The van der Waals surface area contributed by atoms with Crippen LogP contribution in [0.5, 0.6) is 0 Å². The van der Waals surface area contributed by atoms with Crippen LogP contribution in [0.2, 0.25) is 0 Å². The minimum absolute atomic E-state index is 0.0332. The van der Waals surface area contributed by atoms with Crippen LogP contribution < -0.4 is 0 Å². The lowest BCUT2D eigenvalue weighted by Crippen LogP contribution is -2.32. The molecule has 6 rings (SSSR count). The van der Waals surface area contributed by atoms with Crippen LogP contribution in [0, 0.1) is 0 Å². The number of hydrogen-bond acceptors (Lipinski definition) is 10. The summed E-state index contributed by atoms with van der Waals surface area (Å²) in [7, 11) is 3.42. The third-order valence-corrected chi connectivity index (χ3v) is 10.3. The number of amides is 2. The van der Waals surface area contributed by atoms with Gasteiger partial charge in [0.2, 0.25) is 0 Å². The van der Waals surface area contributed by atoms with E-state index in [-0.39, 0.29) is 24.0 Å². The quantitative estimate of drug-likeness (QED) is 0.0661. The molecule has 4 aromatic carbocycles. The molecular formula is C46H56N2O10. The van der Waals surface area contributed by atoms with Gasteiger partial charge in [-0.15, -0.1) is 0 Å². The molecule has 12 heteroatoms. The number of likely N-dealkylation sites (N-methyl/N-ethyl adjacent to an activating group) is 2. The summed E-state index contributed by atoms with van der Waals surface area (Å²) in [6, 6.07) is 33.1. The Kier molecular flexibility index (Phi) is 16.9. The third-order valence-electron chi connectivity index (χ3n) is 10.3. The van der Waals surface area contributed by atoms with Gasteiger partial charge < -0.3 is 47.7 Å². The van der Waals surface area contributed by atoms with Crippen molar-refractivity contribution in [3.8, 4) is 22.3 Å². The number of carbonyl (C=O) groups is 2.